The van der Waals surface area contributed by atoms with Crippen LogP contribution in [0, 0.1) is 13.8 Å². The minimum absolute atomic E-state index is 0.321. The van der Waals surface area contributed by atoms with Crippen LogP contribution in [0.3, 0.4) is 0 Å². The molecule has 0 N–H and O–H groups in total. The van der Waals surface area contributed by atoms with E-state index >= 15 is 0 Å². The lowest BCUT2D eigenvalue weighted by Crippen LogP contribution is -2.27. The fourth-order valence-corrected chi connectivity index (χ4v) is 6.14. The zero-order chi connectivity index (χ0) is 19.4. The fraction of sp³-hybridized carbons (Fsp3) is 0.0952. The van der Waals surface area contributed by atoms with Gasteiger partial charge in [0, 0.05) is 26.4 Å². The van der Waals surface area contributed by atoms with E-state index in [4.69, 9.17) is 5.53 Å². The lowest BCUT2D eigenvalue weighted by molar-refractivity contribution is 0.0999. The SMILES string of the molecule is Cc1c(C(=O)N=[N+]=[N-])ccc(P(=O)(c2ccccc2)c2ccccc2)c1C. The fourth-order valence-electron chi connectivity index (χ4n) is 3.18. The van der Waals surface area contributed by atoms with Crippen LogP contribution < -0.4 is 15.9 Å². The molecule has 0 saturated heterocycles. The number of amides is 1. The molecule has 0 aliphatic heterocycles. The van der Waals surface area contributed by atoms with Gasteiger partial charge in [0.05, 0.1) is 0 Å². The molecule has 6 heteroatoms. The van der Waals surface area contributed by atoms with Gasteiger partial charge >= 0.3 is 0 Å². The van der Waals surface area contributed by atoms with Crippen LogP contribution in [-0.2, 0) is 4.57 Å². The molecule has 0 radical (unpaired) electrons. The monoisotopic (exact) mass is 375 g/mol. The van der Waals surface area contributed by atoms with Crippen LogP contribution in [0.2, 0.25) is 0 Å². The molecular weight excluding hydrogens is 357 g/mol. The first kappa shape index (κ1) is 18.7. The number of rotatable bonds is 4. The van der Waals surface area contributed by atoms with Crippen molar-refractivity contribution in [1.82, 2.24) is 0 Å². The first-order chi connectivity index (χ1) is 13.0. The molecule has 3 aromatic rings. The van der Waals surface area contributed by atoms with Gasteiger partial charge in [-0.3, -0.25) is 4.79 Å². The van der Waals surface area contributed by atoms with Crippen molar-refractivity contribution in [1.29, 1.82) is 0 Å². The summed E-state index contributed by atoms with van der Waals surface area (Å²) in [6.07, 6.45) is 0. The largest absolute Gasteiger partial charge is 0.309 e. The summed E-state index contributed by atoms with van der Waals surface area (Å²) in [6, 6.07) is 22.0. The molecule has 0 aromatic heterocycles. The summed E-state index contributed by atoms with van der Waals surface area (Å²) in [4.78, 5) is 14.6. The van der Waals surface area contributed by atoms with Crippen molar-refractivity contribution in [2.45, 2.75) is 13.8 Å². The van der Waals surface area contributed by atoms with Crippen molar-refractivity contribution >= 4 is 29.0 Å². The Labute approximate surface area is 157 Å². The van der Waals surface area contributed by atoms with E-state index in [1.165, 1.54) is 0 Å². The maximum Gasteiger partial charge on any atom is 0.249 e. The smallest absolute Gasteiger partial charge is 0.249 e. The van der Waals surface area contributed by atoms with Crippen LogP contribution >= 0.6 is 7.14 Å². The second kappa shape index (κ2) is 7.63. The minimum atomic E-state index is -3.12. The molecule has 0 atom stereocenters. The number of hydrogen-bond donors (Lipinski definition) is 0. The van der Waals surface area contributed by atoms with Crippen LogP contribution in [0.25, 0.3) is 10.4 Å². The van der Waals surface area contributed by atoms with Crippen molar-refractivity contribution in [2.75, 3.05) is 0 Å². The molecule has 3 aromatic carbocycles. The van der Waals surface area contributed by atoms with E-state index in [0.29, 0.717) is 16.4 Å². The molecule has 0 bridgehead atoms. The first-order valence-electron chi connectivity index (χ1n) is 8.41. The molecule has 0 unspecified atom stereocenters. The zero-order valence-corrected chi connectivity index (χ0v) is 15.9. The third kappa shape index (κ3) is 3.31. The number of benzene rings is 3. The van der Waals surface area contributed by atoms with Gasteiger partial charge in [-0.05, 0) is 41.7 Å². The lowest BCUT2D eigenvalue weighted by atomic mass is 10.0. The van der Waals surface area contributed by atoms with Gasteiger partial charge in [-0.2, -0.15) is 0 Å². The third-order valence-electron chi connectivity index (χ3n) is 4.70. The molecule has 0 aliphatic carbocycles. The van der Waals surface area contributed by atoms with Gasteiger partial charge in [0.1, 0.15) is 0 Å². The highest BCUT2D eigenvalue weighted by atomic mass is 31.2. The van der Waals surface area contributed by atoms with Crippen molar-refractivity contribution < 1.29 is 9.36 Å². The highest BCUT2D eigenvalue weighted by molar-refractivity contribution is 7.85. The zero-order valence-electron chi connectivity index (χ0n) is 15.0. The van der Waals surface area contributed by atoms with Crippen LogP contribution in [-0.4, -0.2) is 5.91 Å². The average molecular weight is 375 g/mol. The predicted molar refractivity (Wildman–Crippen MR) is 109 cm³/mol. The van der Waals surface area contributed by atoms with Gasteiger partial charge in [0.25, 0.3) is 0 Å². The average Bonchev–Trinajstić information content (AvgIpc) is 2.71. The third-order valence-corrected chi connectivity index (χ3v) is 7.92. The Bertz CT molecular complexity index is 1050. The van der Waals surface area contributed by atoms with Gasteiger partial charge in [-0.25, -0.2) is 0 Å². The van der Waals surface area contributed by atoms with E-state index in [0.717, 1.165) is 16.2 Å². The highest BCUT2D eigenvalue weighted by Gasteiger charge is 2.32. The van der Waals surface area contributed by atoms with Crippen LogP contribution in [0.15, 0.2) is 77.9 Å². The molecule has 0 saturated carbocycles. The number of nitrogens with zero attached hydrogens (tertiary/aromatic N) is 3. The Morgan fingerprint density at radius 3 is 1.85 bits per heavy atom. The molecule has 5 nitrogen and oxygen atoms in total. The van der Waals surface area contributed by atoms with Crippen LogP contribution in [0.5, 0.6) is 0 Å². The van der Waals surface area contributed by atoms with Gasteiger partial charge in [0.2, 0.25) is 5.91 Å². The topological polar surface area (TPSA) is 82.9 Å². The highest BCUT2D eigenvalue weighted by Crippen LogP contribution is 2.43. The van der Waals surface area contributed by atoms with E-state index in [9.17, 15) is 9.36 Å². The second-order valence-corrected chi connectivity index (χ2v) is 8.89. The van der Waals surface area contributed by atoms with Gasteiger partial charge in [0.15, 0.2) is 7.14 Å². The molecule has 0 heterocycles. The van der Waals surface area contributed by atoms with Crippen molar-refractivity contribution in [2.24, 2.45) is 5.11 Å². The summed E-state index contributed by atoms with van der Waals surface area (Å²) in [5.74, 6) is -0.640. The molecule has 1 amide bonds. The van der Waals surface area contributed by atoms with E-state index < -0.39 is 13.0 Å². The molecular formula is C21H18N3O2P. The Hall–Kier alpha value is -3.13. The molecule has 134 valence electrons. The summed E-state index contributed by atoms with van der Waals surface area (Å²) in [5.41, 5.74) is 10.3. The van der Waals surface area contributed by atoms with Gasteiger partial charge < -0.3 is 4.57 Å². The van der Waals surface area contributed by atoms with Gasteiger partial charge in [-0.15, -0.1) is 0 Å². The first-order valence-corrected chi connectivity index (χ1v) is 10.1. The molecule has 27 heavy (non-hydrogen) atoms. The Kier molecular flexibility index (Phi) is 5.27. The number of carbonyl (C=O) groups is 1. The maximum atomic E-state index is 14.4. The Morgan fingerprint density at radius 2 is 1.37 bits per heavy atom. The molecule has 0 spiro atoms. The summed E-state index contributed by atoms with van der Waals surface area (Å²) in [7, 11) is -3.12. The van der Waals surface area contributed by atoms with Crippen LogP contribution in [0.4, 0.5) is 0 Å². The summed E-state index contributed by atoms with van der Waals surface area (Å²) < 4.78 is 14.4. The normalized spacial score (nSPS) is 10.9. The lowest BCUT2D eigenvalue weighted by Gasteiger charge is -2.23. The standard InChI is InChI=1S/C21H18N3O2P/c1-15-16(2)20(14-13-19(15)21(25)23-24-22)27(26,17-9-5-3-6-10-17)18-11-7-4-8-12-18/h3-14H,1-2H3. The summed E-state index contributed by atoms with van der Waals surface area (Å²) >= 11 is 0. The molecule has 0 fully saturated rings. The van der Waals surface area contributed by atoms with E-state index in [1.807, 2.05) is 67.6 Å². The van der Waals surface area contributed by atoms with Crippen molar-refractivity contribution in [3.63, 3.8) is 0 Å². The van der Waals surface area contributed by atoms with Crippen LogP contribution in [0.1, 0.15) is 21.5 Å². The summed E-state index contributed by atoms with van der Waals surface area (Å²) in [5, 5.41) is 5.31. The number of azide groups is 1. The quantitative estimate of drug-likeness (QED) is 0.293. The molecule has 0 aliphatic rings. The van der Waals surface area contributed by atoms with E-state index in [2.05, 4.69) is 10.0 Å². The predicted octanol–water partition coefficient (Wildman–Crippen LogP) is 4.39. The van der Waals surface area contributed by atoms with E-state index in [-0.39, 0.29) is 0 Å². The Balaban J connectivity index is 2.30. The van der Waals surface area contributed by atoms with Crippen molar-refractivity contribution in [3.8, 4) is 0 Å². The second-order valence-electron chi connectivity index (χ2n) is 6.16. The van der Waals surface area contributed by atoms with Gasteiger partial charge in [-0.1, -0.05) is 66.7 Å². The van der Waals surface area contributed by atoms with E-state index in [1.54, 1.807) is 19.1 Å². The molecule has 3 rings (SSSR count). The minimum Gasteiger partial charge on any atom is -0.309 e. The maximum absolute atomic E-state index is 14.4. The number of hydrogen-bond acceptors (Lipinski definition) is 2. The number of carbonyl (C=O) groups excluding carboxylic acids is 1. The van der Waals surface area contributed by atoms with Crippen molar-refractivity contribution in [3.05, 3.63) is 99.9 Å². The Morgan fingerprint density at radius 1 is 0.852 bits per heavy atom. The summed E-state index contributed by atoms with van der Waals surface area (Å²) in [6.45, 7) is 3.62.